The van der Waals surface area contributed by atoms with Crippen molar-refractivity contribution >= 4 is 28.7 Å². The summed E-state index contributed by atoms with van der Waals surface area (Å²) in [6.45, 7) is 0.240. The Morgan fingerprint density at radius 1 is 1.12 bits per heavy atom. The van der Waals surface area contributed by atoms with Gasteiger partial charge in [-0.15, -0.1) is 0 Å². The predicted octanol–water partition coefficient (Wildman–Crippen LogP) is 2.86. The zero-order valence-corrected chi connectivity index (χ0v) is 13.8. The minimum Gasteiger partial charge on any atom is -0.378 e. The van der Waals surface area contributed by atoms with Gasteiger partial charge in [-0.05, 0) is 35.2 Å². The van der Waals surface area contributed by atoms with Crippen molar-refractivity contribution in [2.75, 3.05) is 19.0 Å². The molecule has 0 aliphatic rings. The molecule has 0 atom stereocenters. The quantitative estimate of drug-likeness (QED) is 0.580. The molecule has 2 aromatic carbocycles. The van der Waals surface area contributed by atoms with Crippen LogP contribution in [-0.4, -0.2) is 30.8 Å². The van der Waals surface area contributed by atoms with Crippen molar-refractivity contribution in [3.63, 3.8) is 0 Å². The van der Waals surface area contributed by atoms with Gasteiger partial charge in [0.25, 0.3) is 5.91 Å². The van der Waals surface area contributed by atoms with Crippen LogP contribution in [0, 0.1) is 0 Å². The molecule has 0 aliphatic carbocycles. The highest BCUT2D eigenvalue weighted by atomic mass is 16.2. The summed E-state index contributed by atoms with van der Waals surface area (Å²) < 4.78 is 1.91. The standard InChI is InChI=1S/C19H20N4O/c1-22(2)17-9-7-15(8-10-17)13-20-21-19(24)14-23-12-11-16-5-3-4-6-18(16)23/h3-13H,14H2,1-2H3,(H,21,24). The van der Waals surface area contributed by atoms with Gasteiger partial charge < -0.3 is 9.47 Å². The molecular formula is C19H20N4O. The van der Waals surface area contributed by atoms with Crippen LogP contribution in [0.4, 0.5) is 5.69 Å². The number of benzene rings is 2. The average molecular weight is 320 g/mol. The molecule has 1 amide bonds. The summed E-state index contributed by atoms with van der Waals surface area (Å²) in [6, 6.07) is 17.9. The van der Waals surface area contributed by atoms with Crippen molar-refractivity contribution in [3.05, 3.63) is 66.4 Å². The Kier molecular flexibility index (Phi) is 4.61. The first kappa shape index (κ1) is 15.8. The normalized spacial score (nSPS) is 11.1. The van der Waals surface area contributed by atoms with Crippen LogP contribution in [0.5, 0.6) is 0 Å². The molecule has 0 aliphatic heterocycles. The number of hydrazone groups is 1. The zero-order chi connectivity index (χ0) is 16.9. The summed E-state index contributed by atoms with van der Waals surface area (Å²) in [6.07, 6.45) is 3.55. The van der Waals surface area contributed by atoms with E-state index in [1.807, 2.05) is 84.4 Å². The number of hydrogen-bond donors (Lipinski definition) is 1. The maximum absolute atomic E-state index is 12.0. The molecule has 1 aromatic heterocycles. The topological polar surface area (TPSA) is 49.6 Å². The van der Waals surface area contributed by atoms with Gasteiger partial charge in [-0.3, -0.25) is 4.79 Å². The Bertz CT molecular complexity index is 862. The third kappa shape index (κ3) is 3.63. The van der Waals surface area contributed by atoms with E-state index in [9.17, 15) is 4.79 Å². The molecule has 24 heavy (non-hydrogen) atoms. The van der Waals surface area contributed by atoms with Crippen LogP contribution in [0.1, 0.15) is 5.56 Å². The van der Waals surface area contributed by atoms with Crippen LogP contribution in [0.25, 0.3) is 10.9 Å². The van der Waals surface area contributed by atoms with Crippen LogP contribution in [-0.2, 0) is 11.3 Å². The predicted molar refractivity (Wildman–Crippen MR) is 98.4 cm³/mol. The van der Waals surface area contributed by atoms with E-state index in [0.717, 1.165) is 22.2 Å². The van der Waals surface area contributed by atoms with Crippen molar-refractivity contribution in [1.82, 2.24) is 9.99 Å². The minimum atomic E-state index is -0.155. The molecule has 0 fully saturated rings. The fourth-order valence-electron chi connectivity index (χ4n) is 2.51. The molecule has 0 spiro atoms. The van der Waals surface area contributed by atoms with Crippen LogP contribution < -0.4 is 10.3 Å². The molecule has 3 rings (SSSR count). The maximum atomic E-state index is 12.0. The number of para-hydroxylation sites is 1. The highest BCUT2D eigenvalue weighted by Gasteiger charge is 2.04. The molecule has 0 saturated carbocycles. The third-order valence-corrected chi connectivity index (χ3v) is 3.81. The molecular weight excluding hydrogens is 300 g/mol. The van der Waals surface area contributed by atoms with Crippen molar-refractivity contribution in [2.45, 2.75) is 6.54 Å². The summed E-state index contributed by atoms with van der Waals surface area (Å²) >= 11 is 0. The van der Waals surface area contributed by atoms with Crippen molar-refractivity contribution in [3.8, 4) is 0 Å². The number of carbonyl (C=O) groups excluding carboxylic acids is 1. The summed E-state index contributed by atoms with van der Waals surface area (Å²) in [7, 11) is 3.99. The lowest BCUT2D eigenvalue weighted by Crippen LogP contribution is -2.22. The van der Waals surface area contributed by atoms with E-state index in [1.165, 1.54) is 0 Å². The largest absolute Gasteiger partial charge is 0.378 e. The number of aromatic nitrogens is 1. The lowest BCUT2D eigenvalue weighted by molar-refractivity contribution is -0.121. The van der Waals surface area contributed by atoms with Crippen LogP contribution in [0.15, 0.2) is 65.9 Å². The van der Waals surface area contributed by atoms with Gasteiger partial charge in [0, 0.05) is 31.5 Å². The lowest BCUT2D eigenvalue weighted by atomic mass is 10.2. The van der Waals surface area contributed by atoms with Crippen LogP contribution in [0.3, 0.4) is 0 Å². The second kappa shape index (κ2) is 7.00. The van der Waals surface area contributed by atoms with Gasteiger partial charge in [0.2, 0.25) is 0 Å². The van der Waals surface area contributed by atoms with Crippen LogP contribution in [0.2, 0.25) is 0 Å². The number of hydrogen-bond acceptors (Lipinski definition) is 3. The summed E-state index contributed by atoms with van der Waals surface area (Å²) in [5, 5.41) is 5.15. The Balaban J connectivity index is 1.59. The lowest BCUT2D eigenvalue weighted by Gasteiger charge is -2.11. The number of rotatable bonds is 5. The van der Waals surface area contributed by atoms with Gasteiger partial charge in [-0.25, -0.2) is 5.43 Å². The molecule has 5 heteroatoms. The van der Waals surface area contributed by atoms with E-state index < -0.39 is 0 Å². The zero-order valence-electron chi connectivity index (χ0n) is 13.8. The van der Waals surface area contributed by atoms with Crippen molar-refractivity contribution in [1.29, 1.82) is 0 Å². The third-order valence-electron chi connectivity index (χ3n) is 3.81. The first-order chi connectivity index (χ1) is 11.6. The highest BCUT2D eigenvalue weighted by Crippen LogP contribution is 2.14. The monoisotopic (exact) mass is 320 g/mol. The van der Waals surface area contributed by atoms with Gasteiger partial charge >= 0.3 is 0 Å². The molecule has 0 radical (unpaired) electrons. The number of nitrogens with zero attached hydrogens (tertiary/aromatic N) is 3. The molecule has 0 saturated heterocycles. The summed E-state index contributed by atoms with van der Waals surface area (Å²) in [5.41, 5.74) is 5.67. The average Bonchev–Trinajstić information content (AvgIpc) is 2.98. The van der Waals surface area contributed by atoms with Gasteiger partial charge in [0.15, 0.2) is 0 Å². The number of anilines is 1. The maximum Gasteiger partial charge on any atom is 0.259 e. The SMILES string of the molecule is CN(C)c1ccc(C=NNC(=O)Cn2ccc3ccccc32)cc1. The summed E-state index contributed by atoms with van der Waals surface area (Å²) in [5.74, 6) is -0.155. The second-order valence-corrected chi connectivity index (χ2v) is 5.78. The molecule has 0 bridgehead atoms. The van der Waals surface area contributed by atoms with E-state index >= 15 is 0 Å². The number of fused-ring (bicyclic) bond motifs is 1. The molecule has 5 nitrogen and oxygen atoms in total. The number of nitrogens with one attached hydrogen (secondary N) is 1. The highest BCUT2D eigenvalue weighted by molar-refractivity contribution is 5.85. The molecule has 122 valence electrons. The number of carbonyl (C=O) groups is 1. The Hall–Kier alpha value is -3.08. The Morgan fingerprint density at radius 3 is 2.62 bits per heavy atom. The molecule has 0 unspecified atom stereocenters. The fraction of sp³-hybridized carbons (Fsp3) is 0.158. The first-order valence-electron chi connectivity index (χ1n) is 7.76. The Morgan fingerprint density at radius 2 is 1.88 bits per heavy atom. The van der Waals surface area contributed by atoms with Gasteiger partial charge in [-0.2, -0.15) is 5.10 Å². The molecule has 1 heterocycles. The van der Waals surface area contributed by atoms with Gasteiger partial charge in [0.05, 0.1) is 6.21 Å². The van der Waals surface area contributed by atoms with Crippen molar-refractivity contribution < 1.29 is 4.79 Å². The first-order valence-corrected chi connectivity index (χ1v) is 7.76. The smallest absolute Gasteiger partial charge is 0.259 e. The van der Waals surface area contributed by atoms with E-state index in [0.29, 0.717) is 0 Å². The molecule has 3 aromatic rings. The van der Waals surface area contributed by atoms with Gasteiger partial charge in [-0.1, -0.05) is 30.3 Å². The fourth-order valence-corrected chi connectivity index (χ4v) is 2.51. The van der Waals surface area contributed by atoms with E-state index in [4.69, 9.17) is 0 Å². The second-order valence-electron chi connectivity index (χ2n) is 5.78. The van der Waals surface area contributed by atoms with E-state index in [1.54, 1.807) is 6.21 Å². The van der Waals surface area contributed by atoms with E-state index in [-0.39, 0.29) is 12.5 Å². The number of amides is 1. The van der Waals surface area contributed by atoms with Gasteiger partial charge in [0.1, 0.15) is 6.54 Å². The van der Waals surface area contributed by atoms with Crippen LogP contribution >= 0.6 is 0 Å². The molecule has 1 N–H and O–H groups in total. The van der Waals surface area contributed by atoms with E-state index in [2.05, 4.69) is 10.5 Å². The minimum absolute atomic E-state index is 0.155. The summed E-state index contributed by atoms with van der Waals surface area (Å²) in [4.78, 5) is 14.1. The van der Waals surface area contributed by atoms with Crippen molar-refractivity contribution in [2.24, 2.45) is 5.10 Å². The Labute approximate surface area is 141 Å².